The van der Waals surface area contributed by atoms with E-state index in [1.165, 1.54) is 12.8 Å². The van der Waals surface area contributed by atoms with Crippen LogP contribution in [0.3, 0.4) is 0 Å². The van der Waals surface area contributed by atoms with Crippen LogP contribution < -0.4 is 10.1 Å². The van der Waals surface area contributed by atoms with E-state index in [9.17, 15) is 9.59 Å². The van der Waals surface area contributed by atoms with Crippen molar-refractivity contribution in [1.29, 1.82) is 0 Å². The molecule has 3 aliphatic rings. The molecule has 4 rings (SSSR count). The van der Waals surface area contributed by atoms with E-state index in [-0.39, 0.29) is 30.3 Å². The average molecular weight is 394 g/mol. The van der Waals surface area contributed by atoms with Crippen LogP contribution in [0.25, 0.3) is 0 Å². The van der Waals surface area contributed by atoms with Crippen LogP contribution in [-0.2, 0) is 4.79 Å². The van der Waals surface area contributed by atoms with Gasteiger partial charge in [0.1, 0.15) is 5.75 Å². The highest BCUT2D eigenvalue weighted by molar-refractivity contribution is 5.97. The Morgan fingerprint density at radius 3 is 2.78 bits per heavy atom. The fourth-order valence-electron chi connectivity index (χ4n) is 3.83. The minimum absolute atomic E-state index is 0. The van der Waals surface area contributed by atoms with Crippen LogP contribution in [0.2, 0.25) is 0 Å². The van der Waals surface area contributed by atoms with Gasteiger partial charge in [-0.25, -0.2) is 0 Å². The van der Waals surface area contributed by atoms with Crippen LogP contribution >= 0.6 is 12.4 Å². The largest absolute Gasteiger partial charge is 0.492 e. The zero-order valence-corrected chi connectivity index (χ0v) is 16.4. The first kappa shape index (κ1) is 20.0. The van der Waals surface area contributed by atoms with Crippen LogP contribution in [0.1, 0.15) is 36.0 Å². The van der Waals surface area contributed by atoms with Crippen molar-refractivity contribution in [2.45, 2.75) is 31.7 Å². The summed E-state index contributed by atoms with van der Waals surface area (Å²) in [4.78, 5) is 29.2. The first-order valence-electron chi connectivity index (χ1n) is 9.73. The molecule has 1 saturated carbocycles. The lowest BCUT2D eigenvalue weighted by Crippen LogP contribution is -2.57. The predicted octanol–water partition coefficient (Wildman–Crippen LogP) is 1.93. The van der Waals surface area contributed by atoms with Crippen molar-refractivity contribution in [3.8, 4) is 5.75 Å². The van der Waals surface area contributed by atoms with Crippen molar-refractivity contribution in [2.75, 3.05) is 39.3 Å². The van der Waals surface area contributed by atoms with E-state index in [4.69, 9.17) is 4.74 Å². The molecule has 1 unspecified atom stereocenters. The molecule has 6 nitrogen and oxygen atoms in total. The first-order chi connectivity index (χ1) is 12.7. The molecule has 3 fully saturated rings. The standard InChI is InChI=1S/C20H27N3O3.ClH/c24-19-12-21-9-11-23(19)16-4-3-10-22(13-16)20(25)17-5-1-2-6-18(17)26-14-15-7-8-15;/h1-2,5-6,15-16,21H,3-4,7-14H2;1H. The number of hydrogen-bond acceptors (Lipinski definition) is 4. The highest BCUT2D eigenvalue weighted by Crippen LogP contribution is 2.31. The van der Waals surface area contributed by atoms with E-state index in [0.717, 1.165) is 32.5 Å². The average Bonchev–Trinajstić information content (AvgIpc) is 3.51. The Labute approximate surface area is 166 Å². The number of hydrogen-bond donors (Lipinski definition) is 1. The third kappa shape index (κ3) is 4.74. The third-order valence-corrected chi connectivity index (χ3v) is 5.54. The van der Waals surface area contributed by atoms with Crippen LogP contribution in [0.4, 0.5) is 0 Å². The highest BCUT2D eigenvalue weighted by atomic mass is 35.5. The van der Waals surface area contributed by atoms with Crippen LogP contribution in [0, 0.1) is 5.92 Å². The van der Waals surface area contributed by atoms with Gasteiger partial charge in [-0.05, 0) is 43.7 Å². The lowest BCUT2D eigenvalue weighted by molar-refractivity contribution is -0.135. The number of para-hydroxylation sites is 1. The minimum Gasteiger partial charge on any atom is -0.492 e. The van der Waals surface area contributed by atoms with Crippen LogP contribution in [0.5, 0.6) is 5.75 Å². The second-order valence-electron chi connectivity index (χ2n) is 7.56. The van der Waals surface area contributed by atoms with Gasteiger partial charge >= 0.3 is 0 Å². The molecule has 2 saturated heterocycles. The second-order valence-corrected chi connectivity index (χ2v) is 7.56. The summed E-state index contributed by atoms with van der Waals surface area (Å²) in [5.41, 5.74) is 0.639. The second kappa shape index (κ2) is 8.93. The molecule has 0 bridgehead atoms. The Bertz CT molecular complexity index is 680. The van der Waals surface area contributed by atoms with E-state index in [1.807, 2.05) is 34.1 Å². The predicted molar refractivity (Wildman–Crippen MR) is 105 cm³/mol. The Balaban J connectivity index is 0.00000210. The quantitative estimate of drug-likeness (QED) is 0.830. The molecule has 148 valence electrons. The molecule has 2 heterocycles. The molecular formula is C20H28ClN3O3. The van der Waals surface area contributed by atoms with Crippen molar-refractivity contribution >= 4 is 24.2 Å². The number of carbonyl (C=O) groups excluding carboxylic acids is 2. The fourth-order valence-corrected chi connectivity index (χ4v) is 3.83. The number of rotatable bonds is 5. The number of halogens is 1. The molecule has 27 heavy (non-hydrogen) atoms. The van der Waals surface area contributed by atoms with Crippen molar-refractivity contribution < 1.29 is 14.3 Å². The number of ether oxygens (including phenoxy) is 1. The number of likely N-dealkylation sites (tertiary alicyclic amines) is 1. The van der Waals surface area contributed by atoms with Crippen molar-refractivity contribution in [1.82, 2.24) is 15.1 Å². The van der Waals surface area contributed by atoms with Gasteiger partial charge in [0.2, 0.25) is 5.91 Å². The van der Waals surface area contributed by atoms with Gasteiger partial charge in [-0.1, -0.05) is 12.1 Å². The maximum atomic E-state index is 13.1. The molecule has 1 N–H and O–H groups in total. The molecule has 1 aromatic rings. The molecular weight excluding hydrogens is 366 g/mol. The Morgan fingerprint density at radius 2 is 2.00 bits per heavy atom. The molecule has 0 spiro atoms. The van der Waals surface area contributed by atoms with Gasteiger partial charge < -0.3 is 19.9 Å². The summed E-state index contributed by atoms with van der Waals surface area (Å²) in [6.45, 7) is 4.01. The SMILES string of the molecule is Cl.O=C(c1ccccc1OCC1CC1)N1CCCC(N2CCNCC2=O)C1. The smallest absolute Gasteiger partial charge is 0.257 e. The van der Waals surface area contributed by atoms with Gasteiger partial charge in [0.05, 0.1) is 18.7 Å². The normalized spacial score (nSPS) is 23.0. The molecule has 0 aromatic heterocycles. The zero-order chi connectivity index (χ0) is 17.9. The van der Waals surface area contributed by atoms with Crippen molar-refractivity contribution in [3.63, 3.8) is 0 Å². The summed E-state index contributed by atoms with van der Waals surface area (Å²) in [5, 5.41) is 3.11. The number of piperidine rings is 1. The zero-order valence-electron chi connectivity index (χ0n) is 15.6. The van der Waals surface area contributed by atoms with Gasteiger partial charge in [-0.15, -0.1) is 12.4 Å². The summed E-state index contributed by atoms with van der Waals surface area (Å²) in [6, 6.07) is 7.67. The van der Waals surface area contributed by atoms with Crippen LogP contribution in [-0.4, -0.2) is 67.0 Å². The van der Waals surface area contributed by atoms with Gasteiger partial charge in [-0.2, -0.15) is 0 Å². The van der Waals surface area contributed by atoms with E-state index in [0.29, 0.717) is 36.9 Å². The fraction of sp³-hybridized carbons (Fsp3) is 0.600. The number of amides is 2. The summed E-state index contributed by atoms with van der Waals surface area (Å²) in [5.74, 6) is 1.49. The highest BCUT2D eigenvalue weighted by Gasteiger charge is 2.32. The lowest BCUT2D eigenvalue weighted by atomic mass is 10.0. The monoisotopic (exact) mass is 393 g/mol. The molecule has 0 radical (unpaired) electrons. The number of carbonyl (C=O) groups is 2. The number of benzene rings is 1. The summed E-state index contributed by atoms with van der Waals surface area (Å²) < 4.78 is 5.91. The molecule has 2 aliphatic heterocycles. The summed E-state index contributed by atoms with van der Waals surface area (Å²) in [6.07, 6.45) is 4.35. The maximum Gasteiger partial charge on any atom is 0.257 e. The van der Waals surface area contributed by atoms with E-state index in [2.05, 4.69) is 5.32 Å². The Hall–Kier alpha value is -1.79. The Morgan fingerprint density at radius 1 is 1.19 bits per heavy atom. The number of nitrogens with zero attached hydrogens (tertiary/aromatic N) is 2. The third-order valence-electron chi connectivity index (χ3n) is 5.54. The molecule has 1 atom stereocenters. The van der Waals surface area contributed by atoms with E-state index >= 15 is 0 Å². The number of nitrogens with one attached hydrogen (secondary N) is 1. The van der Waals surface area contributed by atoms with Gasteiger partial charge in [0.15, 0.2) is 0 Å². The number of piperazine rings is 1. The Kier molecular flexibility index (Phi) is 6.60. The molecule has 7 heteroatoms. The topological polar surface area (TPSA) is 61.9 Å². The molecule has 2 amide bonds. The van der Waals surface area contributed by atoms with E-state index < -0.39 is 0 Å². The lowest BCUT2D eigenvalue weighted by Gasteiger charge is -2.41. The molecule has 1 aromatic carbocycles. The van der Waals surface area contributed by atoms with Crippen molar-refractivity contribution in [3.05, 3.63) is 29.8 Å². The first-order valence-corrected chi connectivity index (χ1v) is 9.73. The summed E-state index contributed by atoms with van der Waals surface area (Å²) in [7, 11) is 0. The van der Waals surface area contributed by atoms with Gasteiger partial charge in [0, 0.05) is 32.2 Å². The van der Waals surface area contributed by atoms with Gasteiger partial charge in [0.25, 0.3) is 5.91 Å². The van der Waals surface area contributed by atoms with Crippen molar-refractivity contribution in [2.24, 2.45) is 5.92 Å². The van der Waals surface area contributed by atoms with E-state index in [1.54, 1.807) is 0 Å². The van der Waals surface area contributed by atoms with Gasteiger partial charge in [-0.3, -0.25) is 9.59 Å². The van der Waals surface area contributed by atoms with Crippen LogP contribution in [0.15, 0.2) is 24.3 Å². The summed E-state index contributed by atoms with van der Waals surface area (Å²) >= 11 is 0. The minimum atomic E-state index is 0. The maximum absolute atomic E-state index is 13.1. The molecule has 1 aliphatic carbocycles.